The normalized spacial score (nSPS) is 13.5. The number of aryl methyl sites for hydroxylation is 1. The first kappa shape index (κ1) is 19.1. The number of halogens is 8. The van der Waals surface area contributed by atoms with E-state index >= 15 is 0 Å². The van der Waals surface area contributed by atoms with Crippen LogP contribution in [-0.4, -0.2) is 15.6 Å². The van der Waals surface area contributed by atoms with Gasteiger partial charge in [-0.3, -0.25) is 9.20 Å². The highest BCUT2D eigenvalue weighted by molar-refractivity contribution is 5.79. The summed E-state index contributed by atoms with van der Waals surface area (Å²) in [7, 11) is 0. The van der Waals surface area contributed by atoms with Crippen LogP contribution in [0.1, 0.15) is 16.8 Å². The molecule has 0 saturated heterocycles. The molecule has 2 heterocycles. The standard InChI is InChI=1S/C16H8F8N2O/c1-7-11-6-8(14(17,18)16(22,23)24)12(15(19,20)21)13(27)26(11)10-5-3-2-4-9(10)25-7/h2-6H,1H3. The largest absolute Gasteiger partial charge is 0.458 e. The molecule has 0 bridgehead atoms. The second kappa shape index (κ2) is 5.64. The van der Waals surface area contributed by atoms with Crippen LogP contribution in [0.15, 0.2) is 35.1 Å². The van der Waals surface area contributed by atoms with Crippen LogP contribution in [0.4, 0.5) is 35.1 Å². The molecule has 1 aromatic carbocycles. The molecule has 0 aliphatic carbocycles. The van der Waals surface area contributed by atoms with Gasteiger partial charge in [0, 0.05) is 0 Å². The fourth-order valence-electron chi connectivity index (χ4n) is 2.78. The summed E-state index contributed by atoms with van der Waals surface area (Å²) in [6, 6.07) is 5.42. The lowest BCUT2D eigenvalue weighted by atomic mass is 10.0. The number of rotatable bonds is 1. The van der Waals surface area contributed by atoms with Gasteiger partial charge in [0.15, 0.2) is 0 Å². The van der Waals surface area contributed by atoms with E-state index in [1.807, 2.05) is 0 Å². The Balaban J connectivity index is 2.62. The summed E-state index contributed by atoms with van der Waals surface area (Å²) in [6.07, 6.45) is -12.1. The predicted molar refractivity (Wildman–Crippen MR) is 78.7 cm³/mol. The number of para-hydroxylation sites is 2. The third-order valence-electron chi connectivity index (χ3n) is 3.97. The molecule has 0 atom stereocenters. The summed E-state index contributed by atoms with van der Waals surface area (Å²) in [6.45, 7) is 1.18. The Kier molecular flexibility index (Phi) is 3.98. The Labute approximate surface area is 144 Å². The summed E-state index contributed by atoms with van der Waals surface area (Å²) < 4.78 is 106. The van der Waals surface area contributed by atoms with Crippen molar-refractivity contribution < 1.29 is 35.1 Å². The smallest absolute Gasteiger partial charge is 0.273 e. The second-order valence-electron chi connectivity index (χ2n) is 5.71. The van der Waals surface area contributed by atoms with Crippen molar-refractivity contribution in [1.82, 2.24) is 9.38 Å². The van der Waals surface area contributed by atoms with Gasteiger partial charge in [-0.25, -0.2) is 4.98 Å². The van der Waals surface area contributed by atoms with Crippen LogP contribution < -0.4 is 5.56 Å². The lowest BCUT2D eigenvalue weighted by molar-refractivity contribution is -0.291. The highest BCUT2D eigenvalue weighted by Gasteiger charge is 2.62. The zero-order valence-corrected chi connectivity index (χ0v) is 13.2. The zero-order valence-electron chi connectivity index (χ0n) is 13.2. The molecule has 144 valence electrons. The average Bonchev–Trinajstić information content (AvgIpc) is 2.52. The van der Waals surface area contributed by atoms with E-state index in [-0.39, 0.29) is 22.8 Å². The number of fused-ring (bicyclic) bond motifs is 3. The van der Waals surface area contributed by atoms with E-state index in [2.05, 4.69) is 4.98 Å². The van der Waals surface area contributed by atoms with Gasteiger partial charge >= 0.3 is 18.3 Å². The minimum Gasteiger partial charge on any atom is -0.273 e. The quantitative estimate of drug-likeness (QED) is 0.436. The summed E-state index contributed by atoms with van der Waals surface area (Å²) in [5, 5.41) is 0. The molecule has 3 nitrogen and oxygen atoms in total. The highest BCUT2D eigenvalue weighted by Crippen LogP contribution is 2.47. The maximum absolute atomic E-state index is 13.8. The van der Waals surface area contributed by atoms with E-state index in [0.29, 0.717) is 4.40 Å². The van der Waals surface area contributed by atoms with Gasteiger partial charge in [0.05, 0.1) is 27.8 Å². The Hall–Kier alpha value is -2.72. The van der Waals surface area contributed by atoms with Crippen molar-refractivity contribution >= 4 is 16.6 Å². The topological polar surface area (TPSA) is 34.4 Å². The maximum Gasteiger partial charge on any atom is 0.458 e. The van der Waals surface area contributed by atoms with E-state index in [1.54, 1.807) is 0 Å². The van der Waals surface area contributed by atoms with Gasteiger partial charge in [0.25, 0.3) is 5.56 Å². The number of alkyl halides is 8. The predicted octanol–water partition coefficient (Wildman–Crippen LogP) is 4.83. The van der Waals surface area contributed by atoms with Gasteiger partial charge in [-0.1, -0.05) is 12.1 Å². The van der Waals surface area contributed by atoms with Gasteiger partial charge < -0.3 is 0 Å². The van der Waals surface area contributed by atoms with Crippen LogP contribution in [0.3, 0.4) is 0 Å². The first-order valence-electron chi connectivity index (χ1n) is 7.24. The molecule has 0 unspecified atom stereocenters. The molecule has 0 saturated carbocycles. The molecule has 3 rings (SSSR count). The van der Waals surface area contributed by atoms with Crippen LogP contribution >= 0.6 is 0 Å². The van der Waals surface area contributed by atoms with Gasteiger partial charge in [0.2, 0.25) is 0 Å². The summed E-state index contributed by atoms with van der Waals surface area (Å²) in [5.41, 5.74) is -7.89. The molecule has 0 amide bonds. The molecule has 0 spiro atoms. The number of pyridine rings is 1. The van der Waals surface area contributed by atoms with Crippen molar-refractivity contribution in [2.45, 2.75) is 25.2 Å². The third kappa shape index (κ3) is 2.81. The number of nitrogens with zero attached hydrogens (tertiary/aromatic N) is 2. The highest BCUT2D eigenvalue weighted by atomic mass is 19.4. The maximum atomic E-state index is 13.8. The van der Waals surface area contributed by atoms with E-state index < -0.39 is 40.5 Å². The zero-order chi connectivity index (χ0) is 20.4. The molecular weight excluding hydrogens is 388 g/mol. The average molecular weight is 396 g/mol. The number of benzene rings is 1. The summed E-state index contributed by atoms with van der Waals surface area (Å²) >= 11 is 0. The fourth-order valence-corrected chi connectivity index (χ4v) is 2.78. The monoisotopic (exact) mass is 396 g/mol. The molecular formula is C16H8F8N2O. The van der Waals surface area contributed by atoms with E-state index in [0.717, 1.165) is 0 Å². The first-order valence-corrected chi connectivity index (χ1v) is 7.24. The van der Waals surface area contributed by atoms with Gasteiger partial charge in [0.1, 0.15) is 5.56 Å². The van der Waals surface area contributed by atoms with Crippen molar-refractivity contribution in [2.75, 3.05) is 0 Å². The van der Waals surface area contributed by atoms with Crippen molar-refractivity contribution in [2.24, 2.45) is 0 Å². The van der Waals surface area contributed by atoms with E-state index in [1.165, 1.54) is 31.2 Å². The molecule has 27 heavy (non-hydrogen) atoms. The van der Waals surface area contributed by atoms with E-state index in [4.69, 9.17) is 0 Å². The Morgan fingerprint density at radius 3 is 2.07 bits per heavy atom. The number of hydrogen-bond acceptors (Lipinski definition) is 2. The number of hydrogen-bond donors (Lipinski definition) is 0. The van der Waals surface area contributed by atoms with Crippen molar-refractivity contribution in [3.8, 4) is 0 Å². The van der Waals surface area contributed by atoms with E-state index in [9.17, 15) is 39.9 Å². The van der Waals surface area contributed by atoms with Crippen molar-refractivity contribution in [1.29, 1.82) is 0 Å². The first-order chi connectivity index (χ1) is 12.3. The van der Waals surface area contributed by atoms with Crippen molar-refractivity contribution in [3.63, 3.8) is 0 Å². The lowest BCUT2D eigenvalue weighted by Crippen LogP contribution is -2.39. The van der Waals surface area contributed by atoms with Crippen LogP contribution in [-0.2, 0) is 12.1 Å². The third-order valence-corrected chi connectivity index (χ3v) is 3.97. The molecule has 0 N–H and O–H groups in total. The Morgan fingerprint density at radius 2 is 1.52 bits per heavy atom. The van der Waals surface area contributed by atoms with Crippen LogP contribution in [0.5, 0.6) is 0 Å². The molecule has 0 fully saturated rings. The lowest BCUT2D eigenvalue weighted by Gasteiger charge is -2.24. The summed E-state index contributed by atoms with van der Waals surface area (Å²) in [5.74, 6) is -5.89. The van der Waals surface area contributed by atoms with Crippen LogP contribution in [0, 0.1) is 6.92 Å². The van der Waals surface area contributed by atoms with Crippen LogP contribution in [0.2, 0.25) is 0 Å². The SMILES string of the molecule is Cc1nc2ccccc2n2c(=O)c(C(F)(F)F)c(C(F)(F)C(F)(F)F)cc12. The molecule has 11 heteroatoms. The second-order valence-corrected chi connectivity index (χ2v) is 5.71. The molecule has 0 aliphatic heterocycles. The van der Waals surface area contributed by atoms with Crippen LogP contribution in [0.25, 0.3) is 16.6 Å². The van der Waals surface area contributed by atoms with Gasteiger partial charge in [-0.05, 0) is 25.1 Å². The molecule has 0 radical (unpaired) electrons. The minimum atomic E-state index is -6.32. The number of aromatic nitrogens is 2. The minimum absolute atomic E-state index is 0.0203. The Morgan fingerprint density at radius 1 is 0.926 bits per heavy atom. The Bertz CT molecular complexity index is 1110. The molecule has 3 aromatic rings. The van der Waals surface area contributed by atoms with Gasteiger partial charge in [-0.2, -0.15) is 35.1 Å². The van der Waals surface area contributed by atoms with Gasteiger partial charge in [-0.15, -0.1) is 0 Å². The molecule has 0 aliphatic rings. The fraction of sp³-hybridized carbons (Fsp3) is 0.250. The summed E-state index contributed by atoms with van der Waals surface area (Å²) in [4.78, 5) is 16.4. The molecule has 2 aromatic heterocycles. The van der Waals surface area contributed by atoms with Crippen molar-refractivity contribution in [3.05, 3.63) is 57.5 Å².